The Kier molecular flexibility index (Phi) is 7.83. The van der Waals surface area contributed by atoms with E-state index in [-0.39, 0.29) is 22.9 Å². The van der Waals surface area contributed by atoms with Crippen LogP contribution >= 0.6 is 0 Å². The van der Waals surface area contributed by atoms with Crippen LogP contribution in [-0.4, -0.2) is 41.6 Å². The largest absolute Gasteiger partial charge is 0.478 e. The fourth-order valence-electron chi connectivity index (χ4n) is 6.39. The van der Waals surface area contributed by atoms with Crippen LogP contribution in [0.4, 0.5) is 0 Å². The molecule has 0 aliphatic carbocycles. The molecule has 2 atom stereocenters. The first-order valence-corrected chi connectivity index (χ1v) is 14.1. The summed E-state index contributed by atoms with van der Waals surface area (Å²) in [5.74, 6) is -1.49. The summed E-state index contributed by atoms with van der Waals surface area (Å²) in [6.07, 6.45) is 0.441. The van der Waals surface area contributed by atoms with Crippen molar-refractivity contribution in [2.45, 2.75) is 50.1 Å². The highest BCUT2D eigenvalue weighted by Gasteiger charge is 2.52. The van der Waals surface area contributed by atoms with E-state index < -0.39 is 17.6 Å². The molecule has 4 aromatic carbocycles. The van der Waals surface area contributed by atoms with Crippen molar-refractivity contribution in [3.8, 4) is 0 Å². The molecule has 4 aromatic rings. The number of carbonyl (C=O) groups is 2. The molecule has 5 nitrogen and oxygen atoms in total. The molecular formula is C36H37NO4. The number of hydrogen-bond acceptors (Lipinski definition) is 4. The fourth-order valence-corrected chi connectivity index (χ4v) is 6.39. The number of nitrogens with zero attached hydrogens (tertiary/aromatic N) is 1. The molecule has 1 unspecified atom stereocenters. The summed E-state index contributed by atoms with van der Waals surface area (Å²) in [4.78, 5) is 28.4. The molecule has 0 aromatic heterocycles. The van der Waals surface area contributed by atoms with Gasteiger partial charge in [-0.1, -0.05) is 124 Å². The van der Waals surface area contributed by atoms with Crippen LogP contribution in [0.5, 0.6) is 0 Å². The summed E-state index contributed by atoms with van der Waals surface area (Å²) in [6, 6.07) is 35.8. The number of ether oxygens (including phenoxy) is 1. The highest BCUT2D eigenvalue weighted by atomic mass is 16.5. The Morgan fingerprint density at radius 1 is 0.756 bits per heavy atom. The number of aromatic carboxylic acids is 1. The van der Waals surface area contributed by atoms with Gasteiger partial charge in [0.15, 0.2) is 0 Å². The Morgan fingerprint density at radius 2 is 1.24 bits per heavy atom. The molecule has 5 heteroatoms. The molecule has 1 saturated heterocycles. The molecule has 210 valence electrons. The van der Waals surface area contributed by atoms with Crippen molar-refractivity contribution >= 4 is 11.9 Å². The highest BCUT2D eigenvalue weighted by molar-refractivity contribution is 5.90. The number of carboxylic acids is 1. The summed E-state index contributed by atoms with van der Waals surface area (Å²) >= 11 is 0. The van der Waals surface area contributed by atoms with Crippen molar-refractivity contribution in [2.75, 3.05) is 13.7 Å². The average molecular weight is 548 g/mol. The number of carboxylic acid groups (broad SMARTS) is 1. The monoisotopic (exact) mass is 547 g/mol. The average Bonchev–Trinajstić information content (AvgIpc) is 3.43. The van der Waals surface area contributed by atoms with E-state index in [1.54, 1.807) is 6.07 Å². The molecule has 41 heavy (non-hydrogen) atoms. The standard InChI is InChI=1S/C36H37NO4/c1-35(2,3)29-20-21-30(31(23-29)33(38)39)25-22-32(34(40)41-4)37(24-25)36(26-14-8-5-9-15-26,27-16-10-6-11-17-27)28-18-12-7-13-19-28/h5-21,23,25,32H,22,24H2,1-4H3,(H,38,39)/t25?,32-/m0/s1. The van der Waals surface area contributed by atoms with Crippen LogP contribution in [0.1, 0.15) is 71.3 Å². The van der Waals surface area contributed by atoms with Gasteiger partial charge in [0, 0.05) is 6.54 Å². The van der Waals surface area contributed by atoms with Crippen LogP contribution < -0.4 is 0 Å². The maximum Gasteiger partial charge on any atom is 0.335 e. The van der Waals surface area contributed by atoms with Crippen LogP contribution in [0.2, 0.25) is 0 Å². The fraction of sp³-hybridized carbons (Fsp3) is 0.278. The van der Waals surface area contributed by atoms with Crippen LogP contribution in [0.15, 0.2) is 109 Å². The molecule has 0 spiro atoms. The SMILES string of the molecule is COC(=O)[C@@H]1CC(c2ccc(C(C)(C)C)cc2C(=O)O)CN1C(c1ccccc1)(c1ccccc1)c1ccccc1. The van der Waals surface area contributed by atoms with E-state index in [1.165, 1.54) is 7.11 Å². The molecule has 0 amide bonds. The van der Waals surface area contributed by atoms with E-state index in [0.717, 1.165) is 27.8 Å². The zero-order valence-electron chi connectivity index (χ0n) is 24.1. The van der Waals surface area contributed by atoms with Gasteiger partial charge < -0.3 is 9.84 Å². The van der Waals surface area contributed by atoms with Gasteiger partial charge in [0.25, 0.3) is 0 Å². The van der Waals surface area contributed by atoms with Crippen LogP contribution in [-0.2, 0) is 20.5 Å². The molecular weight excluding hydrogens is 510 g/mol. The van der Waals surface area contributed by atoms with E-state index in [9.17, 15) is 14.7 Å². The van der Waals surface area contributed by atoms with Gasteiger partial charge in [-0.25, -0.2) is 4.79 Å². The lowest BCUT2D eigenvalue weighted by Crippen LogP contribution is -2.53. The number of esters is 1. The van der Waals surface area contributed by atoms with Gasteiger partial charge in [0.05, 0.1) is 18.2 Å². The Bertz CT molecular complexity index is 1410. The molecule has 1 aliphatic rings. The number of methoxy groups -OCH3 is 1. The molecule has 0 bridgehead atoms. The maximum atomic E-state index is 13.6. The normalized spacial score (nSPS) is 17.8. The number of benzene rings is 4. The van der Waals surface area contributed by atoms with Crippen LogP contribution in [0.25, 0.3) is 0 Å². The maximum absolute atomic E-state index is 13.6. The van der Waals surface area contributed by atoms with E-state index in [1.807, 2.05) is 66.7 Å². The summed E-state index contributed by atoms with van der Waals surface area (Å²) in [6.45, 7) is 6.69. The summed E-state index contributed by atoms with van der Waals surface area (Å²) in [5, 5.41) is 10.3. The Labute approximate surface area is 242 Å². The first kappa shape index (κ1) is 28.3. The molecule has 0 radical (unpaired) electrons. The lowest BCUT2D eigenvalue weighted by Gasteiger charge is -2.46. The Hall–Kier alpha value is -4.22. The Balaban J connectivity index is 1.75. The second-order valence-electron chi connectivity index (χ2n) is 11.8. The first-order valence-electron chi connectivity index (χ1n) is 14.1. The van der Waals surface area contributed by atoms with Crippen LogP contribution in [0.3, 0.4) is 0 Å². The summed E-state index contributed by atoms with van der Waals surface area (Å²) < 4.78 is 5.40. The number of hydrogen-bond donors (Lipinski definition) is 1. The third-order valence-electron chi connectivity index (χ3n) is 8.37. The summed E-state index contributed by atoms with van der Waals surface area (Å²) in [5.41, 5.74) is 4.04. The number of carbonyl (C=O) groups excluding carboxylic acids is 1. The topological polar surface area (TPSA) is 66.8 Å². The van der Waals surface area contributed by atoms with Gasteiger partial charge in [-0.2, -0.15) is 0 Å². The highest BCUT2D eigenvalue weighted by Crippen LogP contribution is 2.49. The van der Waals surface area contributed by atoms with Crippen molar-refractivity contribution in [3.63, 3.8) is 0 Å². The molecule has 1 N–H and O–H groups in total. The van der Waals surface area contributed by atoms with Gasteiger partial charge in [-0.3, -0.25) is 9.69 Å². The van der Waals surface area contributed by atoms with Crippen molar-refractivity contribution < 1.29 is 19.4 Å². The van der Waals surface area contributed by atoms with Crippen molar-refractivity contribution in [1.82, 2.24) is 4.90 Å². The lowest BCUT2D eigenvalue weighted by atomic mass is 9.75. The predicted octanol–water partition coefficient (Wildman–Crippen LogP) is 7.01. The third kappa shape index (κ3) is 5.18. The second-order valence-corrected chi connectivity index (χ2v) is 11.8. The molecule has 1 fully saturated rings. The molecule has 1 heterocycles. The van der Waals surface area contributed by atoms with E-state index in [4.69, 9.17) is 4.74 Å². The predicted molar refractivity (Wildman–Crippen MR) is 161 cm³/mol. The Morgan fingerprint density at radius 3 is 1.66 bits per heavy atom. The zero-order chi connectivity index (χ0) is 29.2. The number of likely N-dealkylation sites (tertiary alicyclic amines) is 1. The number of rotatable bonds is 7. The van der Waals surface area contributed by atoms with E-state index in [2.05, 4.69) is 62.1 Å². The minimum atomic E-state index is -0.959. The van der Waals surface area contributed by atoms with Crippen molar-refractivity contribution in [3.05, 3.63) is 143 Å². The quantitative estimate of drug-likeness (QED) is 0.199. The first-order chi connectivity index (χ1) is 19.7. The third-order valence-corrected chi connectivity index (χ3v) is 8.37. The lowest BCUT2D eigenvalue weighted by molar-refractivity contribution is -0.147. The molecule has 1 aliphatic heterocycles. The van der Waals surface area contributed by atoms with Gasteiger partial charge in [0.1, 0.15) is 6.04 Å². The zero-order valence-corrected chi connectivity index (χ0v) is 24.1. The smallest absolute Gasteiger partial charge is 0.335 e. The van der Waals surface area contributed by atoms with Gasteiger partial charge in [-0.15, -0.1) is 0 Å². The van der Waals surface area contributed by atoms with Crippen LogP contribution in [0, 0.1) is 0 Å². The van der Waals surface area contributed by atoms with E-state index >= 15 is 0 Å². The van der Waals surface area contributed by atoms with Crippen molar-refractivity contribution in [1.29, 1.82) is 0 Å². The van der Waals surface area contributed by atoms with Gasteiger partial charge in [0.2, 0.25) is 0 Å². The minimum Gasteiger partial charge on any atom is -0.478 e. The molecule has 0 saturated carbocycles. The van der Waals surface area contributed by atoms with Gasteiger partial charge in [-0.05, 0) is 51.6 Å². The minimum absolute atomic E-state index is 0.192. The van der Waals surface area contributed by atoms with Gasteiger partial charge >= 0.3 is 11.9 Å². The summed E-state index contributed by atoms with van der Waals surface area (Å²) in [7, 11) is 1.42. The van der Waals surface area contributed by atoms with Crippen molar-refractivity contribution in [2.24, 2.45) is 0 Å². The second kappa shape index (κ2) is 11.3. The molecule has 5 rings (SSSR count). The van der Waals surface area contributed by atoms with E-state index in [0.29, 0.717) is 13.0 Å².